The van der Waals surface area contributed by atoms with Crippen LogP contribution in [0.15, 0.2) is 0 Å². The third-order valence-electron chi connectivity index (χ3n) is 3.38. The van der Waals surface area contributed by atoms with E-state index in [-0.39, 0.29) is 0 Å². The Morgan fingerprint density at radius 2 is 2.08 bits per heavy atom. The van der Waals surface area contributed by atoms with E-state index in [1.807, 2.05) is 0 Å². The van der Waals surface area contributed by atoms with E-state index in [2.05, 4.69) is 11.9 Å². The van der Waals surface area contributed by atoms with E-state index in [0.717, 1.165) is 17.9 Å². The minimum Gasteiger partial charge on any atom is -0.385 e. The SMILES string of the molecule is COCCC1CC2(C1)CN(C)C2. The van der Waals surface area contributed by atoms with Gasteiger partial charge in [-0.1, -0.05) is 0 Å². The molecular formula is C10H19NO. The molecule has 0 amide bonds. The lowest BCUT2D eigenvalue weighted by Gasteiger charge is -2.58. The van der Waals surface area contributed by atoms with Crippen molar-refractivity contribution in [1.82, 2.24) is 4.90 Å². The van der Waals surface area contributed by atoms with Gasteiger partial charge in [0.15, 0.2) is 0 Å². The molecule has 70 valence electrons. The van der Waals surface area contributed by atoms with Crippen LogP contribution in [0.1, 0.15) is 19.3 Å². The van der Waals surface area contributed by atoms with Crippen LogP contribution in [0.4, 0.5) is 0 Å². The van der Waals surface area contributed by atoms with Gasteiger partial charge in [0, 0.05) is 26.8 Å². The van der Waals surface area contributed by atoms with E-state index in [1.165, 1.54) is 32.4 Å². The highest BCUT2D eigenvalue weighted by atomic mass is 16.5. The number of rotatable bonds is 3. The lowest BCUT2D eigenvalue weighted by molar-refractivity contribution is -0.0872. The maximum Gasteiger partial charge on any atom is 0.0464 e. The largest absolute Gasteiger partial charge is 0.385 e. The summed E-state index contributed by atoms with van der Waals surface area (Å²) >= 11 is 0. The van der Waals surface area contributed by atoms with E-state index in [1.54, 1.807) is 7.11 Å². The van der Waals surface area contributed by atoms with Gasteiger partial charge in [-0.2, -0.15) is 0 Å². The number of hydrogen-bond acceptors (Lipinski definition) is 2. The van der Waals surface area contributed by atoms with Gasteiger partial charge < -0.3 is 9.64 Å². The van der Waals surface area contributed by atoms with Crippen LogP contribution < -0.4 is 0 Å². The second-order valence-corrected chi connectivity index (χ2v) is 4.73. The Morgan fingerprint density at radius 3 is 2.58 bits per heavy atom. The summed E-state index contributed by atoms with van der Waals surface area (Å²) in [5.74, 6) is 0.971. The summed E-state index contributed by atoms with van der Waals surface area (Å²) in [6.07, 6.45) is 4.20. The van der Waals surface area contributed by atoms with Gasteiger partial charge >= 0.3 is 0 Å². The fourth-order valence-electron chi connectivity index (χ4n) is 3.01. The zero-order valence-corrected chi connectivity index (χ0v) is 8.18. The molecule has 2 heteroatoms. The van der Waals surface area contributed by atoms with Gasteiger partial charge in [0.1, 0.15) is 0 Å². The quantitative estimate of drug-likeness (QED) is 0.632. The number of nitrogens with zero attached hydrogens (tertiary/aromatic N) is 1. The second-order valence-electron chi connectivity index (χ2n) is 4.73. The first kappa shape index (κ1) is 8.52. The summed E-state index contributed by atoms with van der Waals surface area (Å²) in [6.45, 7) is 3.64. The van der Waals surface area contributed by atoms with Crippen molar-refractivity contribution in [1.29, 1.82) is 0 Å². The van der Waals surface area contributed by atoms with Gasteiger partial charge in [0.2, 0.25) is 0 Å². The zero-order valence-electron chi connectivity index (χ0n) is 8.18. The zero-order chi connectivity index (χ0) is 8.60. The van der Waals surface area contributed by atoms with Crippen LogP contribution >= 0.6 is 0 Å². The Labute approximate surface area is 74.9 Å². The molecule has 2 nitrogen and oxygen atoms in total. The van der Waals surface area contributed by atoms with E-state index < -0.39 is 0 Å². The minimum atomic E-state index is 0.757. The van der Waals surface area contributed by atoms with E-state index in [9.17, 15) is 0 Å². The van der Waals surface area contributed by atoms with Crippen LogP contribution in [0.5, 0.6) is 0 Å². The van der Waals surface area contributed by atoms with E-state index in [4.69, 9.17) is 4.74 Å². The number of methoxy groups -OCH3 is 1. The fourth-order valence-corrected chi connectivity index (χ4v) is 3.01. The highest BCUT2D eigenvalue weighted by molar-refractivity contribution is 5.02. The molecule has 1 aliphatic heterocycles. The predicted molar refractivity (Wildman–Crippen MR) is 49.1 cm³/mol. The number of likely N-dealkylation sites (tertiary alicyclic amines) is 1. The molecule has 2 rings (SSSR count). The van der Waals surface area contributed by atoms with Gasteiger partial charge in [0.25, 0.3) is 0 Å². The highest BCUT2D eigenvalue weighted by Gasteiger charge is 2.50. The lowest BCUT2D eigenvalue weighted by atomic mass is 9.57. The molecule has 1 saturated carbocycles. The first-order chi connectivity index (χ1) is 5.74. The Balaban J connectivity index is 1.64. The summed E-state index contributed by atoms with van der Waals surface area (Å²) in [5.41, 5.74) is 0.757. The number of ether oxygens (including phenoxy) is 1. The molecule has 12 heavy (non-hydrogen) atoms. The number of hydrogen-bond donors (Lipinski definition) is 0. The Hall–Kier alpha value is -0.0800. The molecule has 0 atom stereocenters. The summed E-state index contributed by atoms with van der Waals surface area (Å²) in [6, 6.07) is 0. The topological polar surface area (TPSA) is 12.5 Å². The average molecular weight is 169 g/mol. The summed E-state index contributed by atoms with van der Waals surface area (Å²) in [5, 5.41) is 0. The molecule has 0 aromatic carbocycles. The molecule has 1 aliphatic carbocycles. The van der Waals surface area contributed by atoms with Crippen LogP contribution in [-0.2, 0) is 4.74 Å². The summed E-state index contributed by atoms with van der Waals surface area (Å²) in [7, 11) is 4.01. The van der Waals surface area contributed by atoms with Gasteiger partial charge in [-0.05, 0) is 37.6 Å². The third kappa shape index (κ3) is 1.38. The van der Waals surface area contributed by atoms with Gasteiger partial charge in [-0.3, -0.25) is 0 Å². The third-order valence-corrected chi connectivity index (χ3v) is 3.38. The smallest absolute Gasteiger partial charge is 0.0464 e. The molecule has 0 bridgehead atoms. The monoisotopic (exact) mass is 169 g/mol. The first-order valence-corrected chi connectivity index (χ1v) is 4.92. The van der Waals surface area contributed by atoms with Crippen molar-refractivity contribution >= 4 is 0 Å². The van der Waals surface area contributed by atoms with Gasteiger partial charge in [-0.15, -0.1) is 0 Å². The van der Waals surface area contributed by atoms with Crippen molar-refractivity contribution in [3.05, 3.63) is 0 Å². The highest BCUT2D eigenvalue weighted by Crippen LogP contribution is 2.52. The normalized spacial score (nSPS) is 28.5. The molecule has 1 saturated heterocycles. The predicted octanol–water partition coefficient (Wildman–Crippen LogP) is 1.36. The summed E-state index contributed by atoms with van der Waals surface area (Å²) < 4.78 is 5.08. The van der Waals surface area contributed by atoms with Crippen LogP contribution in [0.3, 0.4) is 0 Å². The maximum atomic E-state index is 5.08. The molecule has 2 aliphatic rings. The lowest BCUT2D eigenvalue weighted by Crippen LogP contribution is -2.60. The molecule has 0 radical (unpaired) electrons. The van der Waals surface area contributed by atoms with E-state index in [0.29, 0.717) is 0 Å². The van der Waals surface area contributed by atoms with Crippen LogP contribution in [0.25, 0.3) is 0 Å². The van der Waals surface area contributed by atoms with Crippen molar-refractivity contribution < 1.29 is 4.74 Å². The fraction of sp³-hybridized carbons (Fsp3) is 1.00. The maximum absolute atomic E-state index is 5.08. The first-order valence-electron chi connectivity index (χ1n) is 4.92. The molecule has 2 fully saturated rings. The second kappa shape index (κ2) is 3.00. The van der Waals surface area contributed by atoms with E-state index >= 15 is 0 Å². The van der Waals surface area contributed by atoms with Crippen molar-refractivity contribution in [2.45, 2.75) is 19.3 Å². The molecule has 0 N–H and O–H groups in total. The average Bonchev–Trinajstić information content (AvgIpc) is 1.91. The Morgan fingerprint density at radius 1 is 1.42 bits per heavy atom. The van der Waals surface area contributed by atoms with Crippen molar-refractivity contribution in [2.24, 2.45) is 11.3 Å². The van der Waals surface area contributed by atoms with Gasteiger partial charge in [-0.25, -0.2) is 0 Å². The molecule has 0 unspecified atom stereocenters. The van der Waals surface area contributed by atoms with Crippen molar-refractivity contribution in [3.63, 3.8) is 0 Å². The molecule has 1 spiro atoms. The standard InChI is InChI=1S/C10H19NO/c1-11-7-10(8-11)5-9(6-10)3-4-12-2/h9H,3-8H2,1-2H3. The van der Waals surface area contributed by atoms with Crippen molar-refractivity contribution in [3.8, 4) is 0 Å². The molecule has 0 aromatic heterocycles. The Bertz CT molecular complexity index is 155. The van der Waals surface area contributed by atoms with Crippen molar-refractivity contribution in [2.75, 3.05) is 33.9 Å². The van der Waals surface area contributed by atoms with Crippen LogP contribution in [0.2, 0.25) is 0 Å². The minimum absolute atomic E-state index is 0.757. The summed E-state index contributed by atoms with van der Waals surface area (Å²) in [4.78, 5) is 2.42. The Kier molecular flexibility index (Phi) is 2.13. The molecular weight excluding hydrogens is 150 g/mol. The van der Waals surface area contributed by atoms with Gasteiger partial charge in [0.05, 0.1) is 0 Å². The molecule has 0 aromatic rings. The molecule has 1 heterocycles. The van der Waals surface area contributed by atoms with Crippen LogP contribution in [0, 0.1) is 11.3 Å². The van der Waals surface area contributed by atoms with Crippen LogP contribution in [-0.4, -0.2) is 38.8 Å².